The van der Waals surface area contributed by atoms with Gasteiger partial charge in [0.1, 0.15) is 0 Å². The Balaban J connectivity index is 1.82. The van der Waals surface area contributed by atoms with Gasteiger partial charge in [0.05, 0.1) is 6.26 Å². The number of hydrogen-bond acceptors (Lipinski definition) is 4. The fraction of sp³-hybridized carbons (Fsp3) is 0.632. The summed E-state index contributed by atoms with van der Waals surface area (Å²) in [5.74, 6) is 0.0299. The third-order valence-electron chi connectivity index (χ3n) is 4.65. The lowest BCUT2D eigenvalue weighted by Crippen LogP contribution is -2.50. The van der Waals surface area contributed by atoms with Crippen LogP contribution in [-0.2, 0) is 21.4 Å². The molecule has 7 heteroatoms. The Morgan fingerprint density at radius 2 is 1.65 bits per heavy atom. The Labute approximate surface area is 157 Å². The second-order valence-corrected chi connectivity index (χ2v) is 9.81. The highest BCUT2D eigenvalue weighted by molar-refractivity contribution is 7.88. The number of benzene rings is 1. The Morgan fingerprint density at radius 3 is 2.15 bits per heavy atom. The molecule has 0 radical (unpaired) electrons. The number of rotatable bonds is 6. The van der Waals surface area contributed by atoms with Gasteiger partial charge in [-0.15, -0.1) is 0 Å². The van der Waals surface area contributed by atoms with Gasteiger partial charge in [0.15, 0.2) is 0 Å². The maximum atomic E-state index is 12.5. The molecule has 1 aliphatic heterocycles. The monoisotopic (exact) mass is 381 g/mol. The minimum atomic E-state index is -3.34. The van der Waals surface area contributed by atoms with E-state index in [1.54, 1.807) is 0 Å². The van der Waals surface area contributed by atoms with Gasteiger partial charge < -0.3 is 4.90 Å². The highest BCUT2D eigenvalue weighted by atomic mass is 32.2. The molecule has 0 saturated carbocycles. The van der Waals surface area contributed by atoms with Gasteiger partial charge in [-0.3, -0.25) is 9.69 Å². The number of hydrogen-bond donors (Lipinski definition) is 0. The molecule has 1 heterocycles. The van der Waals surface area contributed by atoms with Gasteiger partial charge in [0, 0.05) is 51.2 Å². The normalized spacial score (nSPS) is 16.9. The van der Waals surface area contributed by atoms with Gasteiger partial charge in [0.25, 0.3) is 0 Å². The standard InChI is InChI=1S/C19H31N3O3S/c1-19(2,3)22(26(4,24)25)11-10-18(23)21-14-12-20(13-15-21)16-17-8-6-5-7-9-17/h5-9H,10-16H2,1-4H3. The predicted molar refractivity (Wildman–Crippen MR) is 104 cm³/mol. The summed E-state index contributed by atoms with van der Waals surface area (Å²) in [6.45, 7) is 9.74. The van der Waals surface area contributed by atoms with Crippen molar-refractivity contribution < 1.29 is 13.2 Å². The quantitative estimate of drug-likeness (QED) is 0.754. The lowest BCUT2D eigenvalue weighted by Gasteiger charge is -2.36. The maximum Gasteiger partial charge on any atom is 0.223 e. The summed E-state index contributed by atoms with van der Waals surface area (Å²) < 4.78 is 25.4. The van der Waals surface area contributed by atoms with E-state index >= 15 is 0 Å². The van der Waals surface area contributed by atoms with Crippen LogP contribution in [-0.4, -0.2) is 72.9 Å². The van der Waals surface area contributed by atoms with Crippen LogP contribution < -0.4 is 0 Å². The first-order chi connectivity index (χ1) is 12.1. The van der Waals surface area contributed by atoms with Gasteiger partial charge in [-0.1, -0.05) is 30.3 Å². The van der Waals surface area contributed by atoms with Crippen molar-refractivity contribution in [3.63, 3.8) is 0 Å². The van der Waals surface area contributed by atoms with Crippen molar-refractivity contribution in [2.24, 2.45) is 0 Å². The van der Waals surface area contributed by atoms with Gasteiger partial charge in [-0.05, 0) is 26.3 Å². The molecule has 0 bridgehead atoms. The van der Waals surface area contributed by atoms with Crippen LogP contribution in [0.2, 0.25) is 0 Å². The fourth-order valence-corrected chi connectivity index (χ4v) is 4.77. The van der Waals surface area contributed by atoms with Gasteiger partial charge in [-0.25, -0.2) is 8.42 Å². The third kappa shape index (κ3) is 6.07. The van der Waals surface area contributed by atoms with Crippen LogP contribution in [0.1, 0.15) is 32.8 Å². The fourth-order valence-electron chi connectivity index (χ4n) is 3.35. The predicted octanol–water partition coefficient (Wildman–Crippen LogP) is 1.78. The summed E-state index contributed by atoms with van der Waals surface area (Å²) in [6, 6.07) is 10.3. The zero-order valence-electron chi connectivity index (χ0n) is 16.3. The van der Waals surface area contributed by atoms with Crippen LogP contribution in [0.4, 0.5) is 0 Å². The first kappa shape index (κ1) is 20.9. The molecule has 26 heavy (non-hydrogen) atoms. The van der Waals surface area contributed by atoms with E-state index in [9.17, 15) is 13.2 Å². The Morgan fingerprint density at radius 1 is 1.08 bits per heavy atom. The van der Waals surface area contributed by atoms with E-state index in [-0.39, 0.29) is 18.9 Å². The zero-order valence-corrected chi connectivity index (χ0v) is 17.1. The molecule has 1 saturated heterocycles. The number of sulfonamides is 1. The summed E-state index contributed by atoms with van der Waals surface area (Å²) in [7, 11) is -3.34. The Bertz CT molecular complexity index is 690. The molecule has 6 nitrogen and oxygen atoms in total. The summed E-state index contributed by atoms with van der Waals surface area (Å²) in [4.78, 5) is 16.7. The van der Waals surface area contributed by atoms with Crippen molar-refractivity contribution in [2.45, 2.75) is 39.3 Å². The number of amides is 1. The van der Waals surface area contributed by atoms with Crippen LogP contribution in [0.5, 0.6) is 0 Å². The van der Waals surface area contributed by atoms with E-state index in [1.807, 2.05) is 43.9 Å². The van der Waals surface area contributed by atoms with Crippen molar-refractivity contribution in [3.05, 3.63) is 35.9 Å². The summed E-state index contributed by atoms with van der Waals surface area (Å²) in [6.07, 6.45) is 1.42. The maximum absolute atomic E-state index is 12.5. The minimum Gasteiger partial charge on any atom is -0.340 e. The van der Waals surface area contributed by atoms with Crippen LogP contribution >= 0.6 is 0 Å². The molecule has 1 aromatic carbocycles. The Kier molecular flexibility index (Phi) is 6.82. The lowest BCUT2D eigenvalue weighted by atomic mass is 10.1. The topological polar surface area (TPSA) is 60.9 Å². The van der Waals surface area contributed by atoms with Crippen LogP contribution in [0.3, 0.4) is 0 Å². The number of carbonyl (C=O) groups excluding carboxylic acids is 1. The SMILES string of the molecule is CC(C)(C)N(CCC(=O)N1CCN(Cc2ccccc2)CC1)S(C)(=O)=O. The average Bonchev–Trinajstić information content (AvgIpc) is 2.54. The first-order valence-electron chi connectivity index (χ1n) is 9.09. The van der Waals surface area contributed by atoms with Gasteiger partial charge >= 0.3 is 0 Å². The van der Waals surface area contributed by atoms with E-state index in [2.05, 4.69) is 17.0 Å². The molecule has 0 aromatic heterocycles. The molecule has 0 atom stereocenters. The second kappa shape index (κ2) is 8.50. The van der Waals surface area contributed by atoms with Crippen molar-refractivity contribution in [1.82, 2.24) is 14.1 Å². The molecule has 2 rings (SSSR count). The van der Waals surface area contributed by atoms with Crippen molar-refractivity contribution in [1.29, 1.82) is 0 Å². The Hall–Kier alpha value is -1.44. The summed E-state index contributed by atoms with van der Waals surface area (Å²) in [5, 5.41) is 0. The van der Waals surface area contributed by atoms with Gasteiger partial charge in [-0.2, -0.15) is 4.31 Å². The summed E-state index contributed by atoms with van der Waals surface area (Å²) in [5.41, 5.74) is 0.753. The van der Waals surface area contributed by atoms with E-state index in [4.69, 9.17) is 0 Å². The molecule has 146 valence electrons. The second-order valence-electron chi connectivity index (χ2n) is 7.90. The molecular weight excluding hydrogens is 350 g/mol. The van der Waals surface area contributed by atoms with Crippen LogP contribution in [0, 0.1) is 0 Å². The molecule has 1 aliphatic rings. The van der Waals surface area contributed by atoms with E-state index < -0.39 is 15.6 Å². The van der Waals surface area contributed by atoms with Crippen molar-refractivity contribution in [3.8, 4) is 0 Å². The highest BCUT2D eigenvalue weighted by Gasteiger charge is 2.30. The van der Waals surface area contributed by atoms with Crippen molar-refractivity contribution >= 4 is 15.9 Å². The molecule has 0 N–H and O–H groups in total. The smallest absolute Gasteiger partial charge is 0.223 e. The highest BCUT2D eigenvalue weighted by Crippen LogP contribution is 2.18. The van der Waals surface area contributed by atoms with Crippen molar-refractivity contribution in [2.75, 3.05) is 39.0 Å². The van der Waals surface area contributed by atoms with E-state index in [0.717, 1.165) is 19.6 Å². The molecule has 0 spiro atoms. The third-order valence-corrected chi connectivity index (χ3v) is 6.18. The van der Waals surface area contributed by atoms with Crippen LogP contribution in [0.15, 0.2) is 30.3 Å². The van der Waals surface area contributed by atoms with Crippen LogP contribution in [0.25, 0.3) is 0 Å². The number of nitrogens with zero attached hydrogens (tertiary/aromatic N) is 3. The minimum absolute atomic E-state index is 0.0299. The zero-order chi connectivity index (χ0) is 19.4. The first-order valence-corrected chi connectivity index (χ1v) is 10.9. The molecule has 1 amide bonds. The molecule has 1 fully saturated rings. The number of piperazine rings is 1. The van der Waals surface area contributed by atoms with E-state index in [1.165, 1.54) is 16.1 Å². The average molecular weight is 382 g/mol. The van der Waals surface area contributed by atoms with Gasteiger partial charge in [0.2, 0.25) is 15.9 Å². The molecule has 0 aliphatic carbocycles. The molecule has 1 aromatic rings. The lowest BCUT2D eigenvalue weighted by molar-refractivity contribution is -0.133. The number of carbonyl (C=O) groups is 1. The molecular formula is C19H31N3O3S. The summed E-state index contributed by atoms with van der Waals surface area (Å²) >= 11 is 0. The van der Waals surface area contributed by atoms with E-state index in [0.29, 0.717) is 13.1 Å². The largest absolute Gasteiger partial charge is 0.340 e. The molecule has 0 unspecified atom stereocenters.